The van der Waals surface area contributed by atoms with Crippen LogP contribution in [0.1, 0.15) is 11.1 Å². The summed E-state index contributed by atoms with van der Waals surface area (Å²) in [6.45, 7) is 4.02. The summed E-state index contributed by atoms with van der Waals surface area (Å²) in [6.07, 6.45) is 0. The van der Waals surface area contributed by atoms with E-state index in [0.29, 0.717) is 5.69 Å². The molecule has 2 aromatic carbocycles. The van der Waals surface area contributed by atoms with Gasteiger partial charge in [-0.05, 0) is 19.4 Å². The van der Waals surface area contributed by atoms with Crippen molar-refractivity contribution in [1.82, 2.24) is 4.57 Å². The third-order valence-corrected chi connectivity index (χ3v) is 4.08. The Kier molecular flexibility index (Phi) is 3.74. The first-order valence-corrected chi connectivity index (χ1v) is 7.45. The van der Waals surface area contributed by atoms with Gasteiger partial charge in [0.05, 0.1) is 10.6 Å². The van der Waals surface area contributed by atoms with Crippen molar-refractivity contribution in [2.45, 2.75) is 13.8 Å². The van der Waals surface area contributed by atoms with Crippen LogP contribution in [0, 0.1) is 24.0 Å². The lowest BCUT2D eigenvalue weighted by Crippen LogP contribution is -1.97. The Hall–Kier alpha value is -2.88. The summed E-state index contributed by atoms with van der Waals surface area (Å²) in [7, 11) is 1.87. The van der Waals surface area contributed by atoms with Crippen LogP contribution in [-0.4, -0.2) is 9.49 Å². The molecule has 4 nitrogen and oxygen atoms in total. The van der Waals surface area contributed by atoms with Gasteiger partial charge in [-0.1, -0.05) is 59.7 Å². The second-order valence-corrected chi connectivity index (χ2v) is 5.81. The minimum absolute atomic E-state index is 0.131. The van der Waals surface area contributed by atoms with Crippen molar-refractivity contribution in [2.75, 3.05) is 0 Å². The van der Waals surface area contributed by atoms with Gasteiger partial charge in [0, 0.05) is 18.7 Å². The van der Waals surface area contributed by atoms with Gasteiger partial charge in [-0.15, -0.1) is 0 Å². The van der Waals surface area contributed by atoms with Crippen molar-refractivity contribution in [3.63, 3.8) is 0 Å². The minimum atomic E-state index is -0.313. The number of aryl methyl sites for hydroxylation is 2. The fourth-order valence-electron chi connectivity index (χ4n) is 2.78. The van der Waals surface area contributed by atoms with Crippen LogP contribution in [0.3, 0.4) is 0 Å². The van der Waals surface area contributed by atoms with Gasteiger partial charge in [-0.2, -0.15) is 0 Å². The average molecular weight is 306 g/mol. The monoisotopic (exact) mass is 306 g/mol. The van der Waals surface area contributed by atoms with Crippen molar-refractivity contribution in [2.24, 2.45) is 7.05 Å². The van der Waals surface area contributed by atoms with Gasteiger partial charge in [-0.3, -0.25) is 10.1 Å². The molecular weight excluding hydrogens is 288 g/mol. The van der Waals surface area contributed by atoms with Crippen molar-refractivity contribution in [3.05, 3.63) is 75.8 Å². The Bertz CT molecular complexity index is 860. The van der Waals surface area contributed by atoms with Gasteiger partial charge in [0.15, 0.2) is 0 Å². The molecule has 0 atom stereocenters. The molecule has 0 amide bonds. The van der Waals surface area contributed by atoms with Gasteiger partial charge in [0.25, 0.3) is 5.69 Å². The molecule has 1 aromatic heterocycles. The second-order valence-electron chi connectivity index (χ2n) is 5.81. The van der Waals surface area contributed by atoms with E-state index in [9.17, 15) is 10.1 Å². The summed E-state index contributed by atoms with van der Waals surface area (Å²) < 4.78 is 1.90. The Labute approximate surface area is 135 Å². The van der Waals surface area contributed by atoms with E-state index in [1.165, 1.54) is 0 Å². The van der Waals surface area contributed by atoms with Crippen LogP contribution in [0.25, 0.3) is 22.5 Å². The smallest absolute Gasteiger partial charge is 0.295 e. The number of hydrogen-bond acceptors (Lipinski definition) is 2. The maximum atomic E-state index is 11.5. The Morgan fingerprint density at radius 2 is 1.35 bits per heavy atom. The van der Waals surface area contributed by atoms with E-state index < -0.39 is 0 Å². The van der Waals surface area contributed by atoms with Crippen LogP contribution in [0.4, 0.5) is 5.69 Å². The van der Waals surface area contributed by atoms with E-state index in [1.54, 1.807) is 6.07 Å². The SMILES string of the molecule is Cc1ccc(-c2cc([N+](=O)[O-])c(-c3ccc(C)cc3)n2C)cc1. The molecule has 0 radical (unpaired) electrons. The standard InChI is InChI=1S/C19H18N2O2/c1-13-4-8-15(9-5-13)17-12-18(21(22)23)19(20(17)3)16-10-6-14(2)7-11-16/h4-12H,1-3H3. The molecule has 0 N–H and O–H groups in total. The summed E-state index contributed by atoms with van der Waals surface area (Å²) in [6, 6.07) is 17.5. The van der Waals surface area contributed by atoms with Crippen molar-refractivity contribution < 1.29 is 4.92 Å². The van der Waals surface area contributed by atoms with Crippen LogP contribution in [0.5, 0.6) is 0 Å². The zero-order chi connectivity index (χ0) is 16.6. The molecule has 23 heavy (non-hydrogen) atoms. The molecular formula is C19H18N2O2. The Balaban J connectivity index is 2.21. The summed E-state index contributed by atoms with van der Waals surface area (Å²) in [4.78, 5) is 11.2. The number of nitrogens with zero attached hydrogens (tertiary/aromatic N) is 2. The first-order valence-electron chi connectivity index (χ1n) is 7.45. The highest BCUT2D eigenvalue weighted by atomic mass is 16.6. The van der Waals surface area contributed by atoms with Gasteiger partial charge in [-0.25, -0.2) is 0 Å². The number of hydrogen-bond donors (Lipinski definition) is 0. The quantitative estimate of drug-likeness (QED) is 0.511. The molecule has 0 saturated carbocycles. The number of rotatable bonds is 3. The lowest BCUT2D eigenvalue weighted by atomic mass is 10.1. The summed E-state index contributed by atoms with van der Waals surface area (Å²) in [5, 5.41) is 11.5. The van der Waals surface area contributed by atoms with Crippen LogP contribution in [-0.2, 0) is 7.05 Å². The second kappa shape index (κ2) is 5.72. The molecule has 0 unspecified atom stereocenters. The molecule has 1 heterocycles. The highest BCUT2D eigenvalue weighted by Crippen LogP contribution is 2.37. The number of aromatic nitrogens is 1. The van der Waals surface area contributed by atoms with Crippen LogP contribution in [0.15, 0.2) is 54.6 Å². The highest BCUT2D eigenvalue weighted by molar-refractivity contribution is 5.78. The highest BCUT2D eigenvalue weighted by Gasteiger charge is 2.23. The molecule has 0 aliphatic heterocycles. The zero-order valence-electron chi connectivity index (χ0n) is 13.4. The summed E-state index contributed by atoms with van der Waals surface area (Å²) in [5.74, 6) is 0. The molecule has 4 heteroatoms. The fraction of sp³-hybridized carbons (Fsp3) is 0.158. The van der Waals surface area contributed by atoms with Gasteiger partial charge in [0.1, 0.15) is 5.69 Å². The molecule has 3 aromatic rings. The predicted molar refractivity (Wildman–Crippen MR) is 92.4 cm³/mol. The molecule has 116 valence electrons. The number of benzene rings is 2. The topological polar surface area (TPSA) is 48.1 Å². The molecule has 0 aliphatic rings. The van der Waals surface area contributed by atoms with E-state index in [-0.39, 0.29) is 10.6 Å². The van der Waals surface area contributed by atoms with Gasteiger partial charge >= 0.3 is 0 Å². The van der Waals surface area contributed by atoms with Crippen LogP contribution >= 0.6 is 0 Å². The van der Waals surface area contributed by atoms with Crippen molar-refractivity contribution in [1.29, 1.82) is 0 Å². The maximum Gasteiger partial charge on any atom is 0.295 e. The Morgan fingerprint density at radius 1 is 0.870 bits per heavy atom. The summed E-state index contributed by atoms with van der Waals surface area (Å²) >= 11 is 0. The molecule has 3 rings (SSSR count). The molecule has 0 saturated heterocycles. The number of nitro groups is 1. The van der Waals surface area contributed by atoms with Gasteiger partial charge < -0.3 is 4.57 Å². The van der Waals surface area contributed by atoms with E-state index >= 15 is 0 Å². The third kappa shape index (κ3) is 2.75. The summed E-state index contributed by atoms with van der Waals surface area (Å²) in [5.41, 5.74) is 5.72. The lowest BCUT2D eigenvalue weighted by Gasteiger charge is -2.08. The zero-order valence-corrected chi connectivity index (χ0v) is 13.4. The first-order chi connectivity index (χ1) is 11.0. The fourth-order valence-corrected chi connectivity index (χ4v) is 2.78. The molecule has 0 spiro atoms. The van der Waals surface area contributed by atoms with Crippen LogP contribution in [0.2, 0.25) is 0 Å². The first kappa shape index (κ1) is 15.0. The normalized spacial score (nSPS) is 10.7. The van der Waals surface area contributed by atoms with Gasteiger partial charge in [0.2, 0.25) is 0 Å². The van der Waals surface area contributed by atoms with Crippen molar-refractivity contribution >= 4 is 5.69 Å². The van der Waals surface area contributed by atoms with Crippen molar-refractivity contribution in [3.8, 4) is 22.5 Å². The molecule has 0 bridgehead atoms. The van der Waals surface area contributed by atoms with E-state index in [1.807, 2.05) is 74.0 Å². The van der Waals surface area contributed by atoms with E-state index in [2.05, 4.69) is 0 Å². The Morgan fingerprint density at radius 3 is 1.83 bits per heavy atom. The minimum Gasteiger partial charge on any atom is -0.338 e. The average Bonchev–Trinajstić information content (AvgIpc) is 2.87. The molecule has 0 fully saturated rings. The predicted octanol–water partition coefficient (Wildman–Crippen LogP) is 4.88. The lowest BCUT2D eigenvalue weighted by molar-refractivity contribution is -0.384. The van der Waals surface area contributed by atoms with E-state index in [4.69, 9.17) is 0 Å². The largest absolute Gasteiger partial charge is 0.338 e. The third-order valence-electron chi connectivity index (χ3n) is 4.08. The molecule has 0 aliphatic carbocycles. The van der Waals surface area contributed by atoms with Crippen LogP contribution < -0.4 is 0 Å². The van der Waals surface area contributed by atoms with E-state index in [0.717, 1.165) is 27.9 Å². The maximum absolute atomic E-state index is 11.5.